The minimum Gasteiger partial charge on any atom is -0.496 e. The molecule has 0 aromatic heterocycles. The standard InChI is InChI=1S/C19H23NO3S/c1-5-13-20(18-10-8-7-9-16(18)6-2)24(21,22)17-11-12-19(23-4)15(3)14-17/h5,7-12,14H,1,6,13H2,2-4H3. The van der Waals surface area contributed by atoms with Gasteiger partial charge in [-0.2, -0.15) is 0 Å². The largest absolute Gasteiger partial charge is 0.496 e. The van der Waals surface area contributed by atoms with E-state index in [1.54, 1.807) is 31.4 Å². The van der Waals surface area contributed by atoms with E-state index in [-0.39, 0.29) is 11.4 Å². The molecule has 2 aromatic carbocycles. The molecule has 0 amide bonds. The van der Waals surface area contributed by atoms with Crippen LogP contribution in [0.25, 0.3) is 0 Å². The van der Waals surface area contributed by atoms with Gasteiger partial charge in [0.05, 0.1) is 24.2 Å². The van der Waals surface area contributed by atoms with Crippen molar-refractivity contribution in [2.45, 2.75) is 25.2 Å². The van der Waals surface area contributed by atoms with Crippen LogP contribution in [0.2, 0.25) is 0 Å². The number of rotatable bonds is 7. The molecule has 0 aliphatic carbocycles. The van der Waals surface area contributed by atoms with Gasteiger partial charge in [-0.3, -0.25) is 4.31 Å². The summed E-state index contributed by atoms with van der Waals surface area (Å²) in [7, 11) is -2.12. The fourth-order valence-electron chi connectivity index (χ4n) is 2.63. The lowest BCUT2D eigenvalue weighted by Crippen LogP contribution is -2.32. The van der Waals surface area contributed by atoms with Crippen LogP contribution in [0.15, 0.2) is 60.0 Å². The molecule has 4 nitrogen and oxygen atoms in total. The summed E-state index contributed by atoms with van der Waals surface area (Å²) in [6.45, 7) is 7.76. The smallest absolute Gasteiger partial charge is 0.264 e. The molecule has 0 bridgehead atoms. The lowest BCUT2D eigenvalue weighted by molar-refractivity contribution is 0.411. The van der Waals surface area contributed by atoms with E-state index in [0.717, 1.165) is 17.5 Å². The highest BCUT2D eigenvalue weighted by Crippen LogP contribution is 2.29. The van der Waals surface area contributed by atoms with E-state index in [1.165, 1.54) is 4.31 Å². The Bertz CT molecular complexity index is 828. The molecule has 0 atom stereocenters. The minimum absolute atomic E-state index is 0.213. The topological polar surface area (TPSA) is 46.6 Å². The Hall–Kier alpha value is -2.27. The second kappa shape index (κ2) is 7.53. The summed E-state index contributed by atoms with van der Waals surface area (Å²) in [5.74, 6) is 0.665. The zero-order valence-electron chi connectivity index (χ0n) is 14.3. The lowest BCUT2D eigenvalue weighted by atomic mass is 10.1. The van der Waals surface area contributed by atoms with E-state index >= 15 is 0 Å². The van der Waals surface area contributed by atoms with Gasteiger partial charge in [0.25, 0.3) is 10.0 Å². The quantitative estimate of drug-likeness (QED) is 0.714. The predicted octanol–water partition coefficient (Wildman–Crippen LogP) is 3.95. The third kappa shape index (κ3) is 3.46. The first kappa shape index (κ1) is 18.1. The fraction of sp³-hybridized carbons (Fsp3) is 0.263. The van der Waals surface area contributed by atoms with E-state index in [9.17, 15) is 8.42 Å². The maximum absolute atomic E-state index is 13.2. The first-order chi connectivity index (χ1) is 11.5. The van der Waals surface area contributed by atoms with Gasteiger partial charge < -0.3 is 4.74 Å². The average molecular weight is 345 g/mol. The summed E-state index contributed by atoms with van der Waals surface area (Å²) in [4.78, 5) is 0.244. The van der Waals surface area contributed by atoms with E-state index < -0.39 is 10.0 Å². The zero-order chi connectivity index (χ0) is 17.7. The number of hydrogen-bond acceptors (Lipinski definition) is 3. The molecule has 0 saturated carbocycles. The number of sulfonamides is 1. The van der Waals surface area contributed by atoms with Gasteiger partial charge in [-0.05, 0) is 48.7 Å². The van der Waals surface area contributed by atoms with Crippen LogP contribution in [0.1, 0.15) is 18.1 Å². The molecule has 0 radical (unpaired) electrons. The summed E-state index contributed by atoms with van der Waals surface area (Å²) < 4.78 is 33.0. The Morgan fingerprint density at radius 3 is 2.50 bits per heavy atom. The van der Waals surface area contributed by atoms with Gasteiger partial charge in [0.15, 0.2) is 0 Å². The van der Waals surface area contributed by atoms with Crippen LogP contribution in [0.5, 0.6) is 5.75 Å². The minimum atomic E-state index is -3.69. The molecule has 0 saturated heterocycles. The molecule has 128 valence electrons. The van der Waals surface area contributed by atoms with Crippen LogP contribution in [0, 0.1) is 6.92 Å². The Morgan fingerprint density at radius 1 is 1.21 bits per heavy atom. The van der Waals surface area contributed by atoms with Gasteiger partial charge >= 0.3 is 0 Å². The molecule has 2 rings (SSSR count). The maximum Gasteiger partial charge on any atom is 0.264 e. The highest BCUT2D eigenvalue weighted by Gasteiger charge is 2.26. The van der Waals surface area contributed by atoms with Crippen molar-refractivity contribution in [1.29, 1.82) is 0 Å². The highest BCUT2D eigenvalue weighted by atomic mass is 32.2. The first-order valence-electron chi connectivity index (χ1n) is 7.81. The van der Waals surface area contributed by atoms with E-state index in [4.69, 9.17) is 4.74 Å². The number of ether oxygens (including phenoxy) is 1. The first-order valence-corrected chi connectivity index (χ1v) is 9.25. The van der Waals surface area contributed by atoms with Gasteiger partial charge in [-0.1, -0.05) is 31.2 Å². The number of hydrogen-bond donors (Lipinski definition) is 0. The summed E-state index contributed by atoms with van der Waals surface area (Å²) in [5.41, 5.74) is 2.45. The van der Waals surface area contributed by atoms with Crippen molar-refractivity contribution in [3.63, 3.8) is 0 Å². The number of aryl methyl sites for hydroxylation is 2. The molecule has 0 N–H and O–H groups in total. The molecule has 0 fully saturated rings. The number of anilines is 1. The van der Waals surface area contributed by atoms with Gasteiger partial charge in [-0.15, -0.1) is 6.58 Å². The van der Waals surface area contributed by atoms with Gasteiger partial charge in [0, 0.05) is 0 Å². The molecular weight excluding hydrogens is 322 g/mol. The summed E-state index contributed by atoms with van der Waals surface area (Å²) in [5, 5.41) is 0. The molecule has 0 aliphatic rings. The van der Waals surface area contributed by atoms with Crippen LogP contribution in [-0.2, 0) is 16.4 Å². The van der Waals surface area contributed by atoms with Crippen molar-refractivity contribution in [3.8, 4) is 5.75 Å². The van der Waals surface area contributed by atoms with E-state index in [2.05, 4.69) is 6.58 Å². The molecule has 0 spiro atoms. The number of methoxy groups -OCH3 is 1. The zero-order valence-corrected chi connectivity index (χ0v) is 15.1. The molecule has 5 heteroatoms. The fourth-order valence-corrected chi connectivity index (χ4v) is 4.19. The van der Waals surface area contributed by atoms with Crippen molar-refractivity contribution in [1.82, 2.24) is 0 Å². The van der Waals surface area contributed by atoms with E-state index in [1.807, 2.05) is 38.1 Å². The van der Waals surface area contributed by atoms with Crippen LogP contribution < -0.4 is 9.04 Å². The SMILES string of the molecule is C=CCN(c1ccccc1CC)S(=O)(=O)c1ccc(OC)c(C)c1. The Labute approximate surface area is 144 Å². The summed E-state index contributed by atoms with van der Waals surface area (Å²) in [6, 6.07) is 12.4. The third-order valence-corrected chi connectivity index (χ3v) is 5.67. The molecule has 0 aliphatic heterocycles. The highest BCUT2D eigenvalue weighted by molar-refractivity contribution is 7.92. The lowest BCUT2D eigenvalue weighted by Gasteiger charge is -2.25. The number of nitrogens with zero attached hydrogens (tertiary/aromatic N) is 1. The molecular formula is C19H23NO3S. The van der Waals surface area contributed by atoms with Gasteiger partial charge in [0.2, 0.25) is 0 Å². The van der Waals surface area contributed by atoms with Crippen LogP contribution in [0.3, 0.4) is 0 Å². The van der Waals surface area contributed by atoms with Crippen molar-refractivity contribution in [2.75, 3.05) is 18.0 Å². The second-order valence-electron chi connectivity index (χ2n) is 5.44. The summed E-state index contributed by atoms with van der Waals surface area (Å²) in [6.07, 6.45) is 2.35. The normalized spacial score (nSPS) is 11.1. The third-order valence-electron chi connectivity index (χ3n) is 3.89. The Balaban J connectivity index is 2.57. The maximum atomic E-state index is 13.2. The van der Waals surface area contributed by atoms with Gasteiger partial charge in [0.1, 0.15) is 5.75 Å². The summed E-state index contributed by atoms with van der Waals surface area (Å²) >= 11 is 0. The predicted molar refractivity (Wildman–Crippen MR) is 98.3 cm³/mol. The van der Waals surface area contributed by atoms with Crippen molar-refractivity contribution < 1.29 is 13.2 Å². The van der Waals surface area contributed by atoms with Crippen LogP contribution in [0.4, 0.5) is 5.69 Å². The van der Waals surface area contributed by atoms with Crippen LogP contribution >= 0.6 is 0 Å². The van der Waals surface area contributed by atoms with Crippen molar-refractivity contribution in [3.05, 3.63) is 66.2 Å². The molecule has 24 heavy (non-hydrogen) atoms. The average Bonchev–Trinajstić information content (AvgIpc) is 2.59. The monoisotopic (exact) mass is 345 g/mol. The Kier molecular flexibility index (Phi) is 5.67. The molecule has 0 unspecified atom stereocenters. The molecule has 0 heterocycles. The van der Waals surface area contributed by atoms with Gasteiger partial charge in [-0.25, -0.2) is 8.42 Å². The number of benzene rings is 2. The second-order valence-corrected chi connectivity index (χ2v) is 7.30. The van der Waals surface area contributed by atoms with E-state index in [0.29, 0.717) is 11.4 Å². The molecule has 2 aromatic rings. The Morgan fingerprint density at radius 2 is 1.92 bits per heavy atom. The van der Waals surface area contributed by atoms with Crippen molar-refractivity contribution >= 4 is 15.7 Å². The van der Waals surface area contributed by atoms with Crippen molar-refractivity contribution in [2.24, 2.45) is 0 Å². The number of para-hydroxylation sites is 1. The van der Waals surface area contributed by atoms with Crippen LogP contribution in [-0.4, -0.2) is 22.1 Å².